The fourth-order valence-electron chi connectivity index (χ4n) is 1.08. The maximum atomic E-state index is 13.3. The van der Waals surface area contributed by atoms with Crippen LogP contribution in [0.5, 0.6) is 0 Å². The number of alkyl halides is 1. The molecule has 0 heterocycles. The molecule has 0 fully saturated rings. The van der Waals surface area contributed by atoms with E-state index in [9.17, 15) is 9.18 Å². The lowest BCUT2D eigenvalue weighted by Crippen LogP contribution is -2.34. The molecule has 0 bridgehead atoms. The fraction of sp³-hybridized carbons (Fsp3) is 0.909. The van der Waals surface area contributed by atoms with Gasteiger partial charge >= 0.3 is 0 Å². The Kier molecular flexibility index (Phi) is 12.1. The third-order valence-corrected chi connectivity index (χ3v) is 3.60. The molecule has 0 aliphatic heterocycles. The number of carbonyl (C=O) groups is 1. The van der Waals surface area contributed by atoms with Gasteiger partial charge in [-0.05, 0) is 6.26 Å². The Morgan fingerprint density at radius 1 is 1.44 bits per heavy atom. The van der Waals surface area contributed by atoms with Crippen LogP contribution in [0, 0.1) is 0 Å². The molecule has 0 aromatic heterocycles. The highest BCUT2D eigenvalue weighted by Crippen LogP contribution is 2.15. The highest BCUT2D eigenvalue weighted by atomic mass is 33.1. The molecule has 1 unspecified atom stereocenters. The van der Waals surface area contributed by atoms with E-state index in [0.717, 1.165) is 0 Å². The lowest BCUT2D eigenvalue weighted by atomic mass is 10.4. The number of hydrogen-bond donors (Lipinski definition) is 2. The van der Waals surface area contributed by atoms with Gasteiger partial charge in [0, 0.05) is 12.6 Å². The number of rotatable bonds is 11. The molecule has 108 valence electrons. The molecular formula is C11H23FN2O2S2. The van der Waals surface area contributed by atoms with Crippen LogP contribution in [0.3, 0.4) is 0 Å². The zero-order chi connectivity index (χ0) is 13.8. The van der Waals surface area contributed by atoms with Gasteiger partial charge in [0.15, 0.2) is 0 Å². The summed E-state index contributed by atoms with van der Waals surface area (Å²) in [5.41, 5.74) is 0. The van der Waals surface area contributed by atoms with Crippen molar-refractivity contribution in [2.75, 3.05) is 38.3 Å². The highest BCUT2D eigenvalue weighted by Gasteiger charge is 2.09. The molecular weight excluding hydrogens is 275 g/mol. The maximum Gasteiger partial charge on any atom is 0.230 e. The Balaban J connectivity index is 3.36. The number of ether oxygens (including phenoxy) is 1. The van der Waals surface area contributed by atoms with E-state index in [1.54, 1.807) is 0 Å². The first-order chi connectivity index (χ1) is 8.56. The van der Waals surface area contributed by atoms with E-state index in [-0.39, 0.29) is 19.1 Å². The van der Waals surface area contributed by atoms with E-state index in [0.29, 0.717) is 24.9 Å². The number of nitrogens with one attached hydrogen (secondary N) is 2. The van der Waals surface area contributed by atoms with Gasteiger partial charge < -0.3 is 15.4 Å². The molecule has 0 radical (unpaired) electrons. The summed E-state index contributed by atoms with van der Waals surface area (Å²) in [7, 11) is 2.95. The van der Waals surface area contributed by atoms with Crippen molar-refractivity contribution in [2.45, 2.75) is 26.1 Å². The van der Waals surface area contributed by atoms with Crippen molar-refractivity contribution >= 4 is 27.5 Å². The van der Waals surface area contributed by atoms with Gasteiger partial charge in [-0.2, -0.15) is 0 Å². The van der Waals surface area contributed by atoms with E-state index < -0.39 is 6.17 Å². The van der Waals surface area contributed by atoms with Gasteiger partial charge in [0.25, 0.3) is 0 Å². The van der Waals surface area contributed by atoms with Crippen LogP contribution in [0.15, 0.2) is 0 Å². The van der Waals surface area contributed by atoms with E-state index >= 15 is 0 Å². The monoisotopic (exact) mass is 298 g/mol. The summed E-state index contributed by atoms with van der Waals surface area (Å²) < 4.78 is 18.5. The van der Waals surface area contributed by atoms with Gasteiger partial charge in [-0.3, -0.25) is 4.79 Å². The minimum atomic E-state index is -1.15. The largest absolute Gasteiger partial charge is 0.377 e. The minimum Gasteiger partial charge on any atom is -0.377 e. The molecule has 0 rings (SSSR count). The zero-order valence-corrected chi connectivity index (χ0v) is 12.8. The van der Waals surface area contributed by atoms with Crippen LogP contribution in [0.25, 0.3) is 0 Å². The number of halogens is 1. The van der Waals surface area contributed by atoms with Gasteiger partial charge in [0.05, 0.1) is 25.5 Å². The van der Waals surface area contributed by atoms with Gasteiger partial charge in [0.2, 0.25) is 5.91 Å². The van der Waals surface area contributed by atoms with E-state index in [4.69, 9.17) is 4.74 Å². The SMILES string of the molecule is CSSCC(=O)NCC(F)COCCNC(C)C. The average Bonchev–Trinajstić information content (AvgIpc) is 2.33. The van der Waals surface area contributed by atoms with Crippen LogP contribution in [0.4, 0.5) is 4.39 Å². The average molecular weight is 298 g/mol. The van der Waals surface area contributed by atoms with E-state index in [2.05, 4.69) is 10.6 Å². The Morgan fingerprint density at radius 3 is 2.78 bits per heavy atom. The van der Waals surface area contributed by atoms with Crippen molar-refractivity contribution in [1.29, 1.82) is 0 Å². The Bertz CT molecular complexity index is 221. The lowest BCUT2D eigenvalue weighted by Gasteiger charge is -2.11. The van der Waals surface area contributed by atoms with Crippen LogP contribution in [0.2, 0.25) is 0 Å². The van der Waals surface area contributed by atoms with Crippen LogP contribution < -0.4 is 10.6 Å². The highest BCUT2D eigenvalue weighted by molar-refractivity contribution is 8.76. The molecule has 1 amide bonds. The summed E-state index contributed by atoms with van der Waals surface area (Å²) in [5, 5.41) is 5.70. The second kappa shape index (κ2) is 12.1. The molecule has 0 aliphatic carbocycles. The summed E-state index contributed by atoms with van der Waals surface area (Å²) in [6, 6.07) is 0.406. The van der Waals surface area contributed by atoms with Gasteiger partial charge in [0.1, 0.15) is 6.17 Å². The first-order valence-electron chi connectivity index (χ1n) is 5.93. The minimum absolute atomic E-state index is 0.0192. The third-order valence-electron chi connectivity index (χ3n) is 1.93. The number of amides is 1. The second-order valence-electron chi connectivity index (χ2n) is 4.01. The predicted octanol–water partition coefficient (Wildman–Crippen LogP) is 1.47. The standard InChI is InChI=1S/C11H23FN2O2S2/c1-9(2)13-4-5-16-7-10(12)6-14-11(15)8-18-17-3/h9-10,13H,4-8H2,1-3H3,(H,14,15). The Morgan fingerprint density at radius 2 is 2.17 bits per heavy atom. The van der Waals surface area contributed by atoms with Gasteiger partial charge in [-0.25, -0.2) is 4.39 Å². The Labute approximate surface area is 117 Å². The van der Waals surface area contributed by atoms with Crippen LogP contribution in [-0.2, 0) is 9.53 Å². The van der Waals surface area contributed by atoms with Crippen LogP contribution >= 0.6 is 21.6 Å². The maximum absolute atomic E-state index is 13.3. The van der Waals surface area contributed by atoms with E-state index in [1.165, 1.54) is 21.6 Å². The summed E-state index contributed by atoms with van der Waals surface area (Å²) in [4.78, 5) is 11.2. The predicted molar refractivity (Wildman–Crippen MR) is 77.8 cm³/mol. The summed E-state index contributed by atoms with van der Waals surface area (Å²) >= 11 is 0. The van der Waals surface area contributed by atoms with Crippen molar-refractivity contribution < 1.29 is 13.9 Å². The number of carbonyl (C=O) groups excluding carboxylic acids is 1. The molecule has 0 aliphatic rings. The molecule has 0 spiro atoms. The molecule has 1 atom stereocenters. The number of hydrogen-bond acceptors (Lipinski definition) is 5. The van der Waals surface area contributed by atoms with Crippen molar-refractivity contribution in [3.63, 3.8) is 0 Å². The Hall–Kier alpha value is 0.0200. The first kappa shape index (κ1) is 18.0. The van der Waals surface area contributed by atoms with E-state index in [1.807, 2.05) is 20.1 Å². The lowest BCUT2D eigenvalue weighted by molar-refractivity contribution is -0.118. The molecule has 0 aromatic carbocycles. The smallest absolute Gasteiger partial charge is 0.230 e. The van der Waals surface area contributed by atoms with Crippen molar-refractivity contribution in [2.24, 2.45) is 0 Å². The van der Waals surface area contributed by atoms with Gasteiger partial charge in [-0.1, -0.05) is 35.4 Å². The van der Waals surface area contributed by atoms with Crippen LogP contribution in [-0.4, -0.2) is 56.4 Å². The molecule has 2 N–H and O–H groups in total. The molecule has 7 heteroatoms. The molecule has 0 aromatic rings. The second-order valence-corrected chi connectivity index (χ2v) is 6.58. The summed E-state index contributed by atoms with van der Waals surface area (Å²) in [5.74, 6) is 0.214. The normalized spacial score (nSPS) is 12.7. The molecule has 4 nitrogen and oxygen atoms in total. The third kappa shape index (κ3) is 12.5. The van der Waals surface area contributed by atoms with Gasteiger partial charge in [-0.15, -0.1) is 0 Å². The fourth-order valence-corrected chi connectivity index (χ4v) is 2.08. The zero-order valence-electron chi connectivity index (χ0n) is 11.2. The summed E-state index contributed by atoms with van der Waals surface area (Å²) in [6.07, 6.45) is 0.752. The first-order valence-corrected chi connectivity index (χ1v) is 8.66. The van der Waals surface area contributed by atoms with Crippen LogP contribution in [0.1, 0.15) is 13.8 Å². The molecule has 0 saturated carbocycles. The molecule has 0 saturated heterocycles. The quantitative estimate of drug-likeness (QED) is 0.447. The van der Waals surface area contributed by atoms with Crippen molar-refractivity contribution in [3.8, 4) is 0 Å². The topological polar surface area (TPSA) is 50.4 Å². The summed E-state index contributed by atoms with van der Waals surface area (Å²) in [6.45, 7) is 5.32. The molecule has 18 heavy (non-hydrogen) atoms. The van der Waals surface area contributed by atoms with Crippen molar-refractivity contribution in [1.82, 2.24) is 10.6 Å². The van der Waals surface area contributed by atoms with Crippen molar-refractivity contribution in [3.05, 3.63) is 0 Å².